The first-order chi connectivity index (χ1) is 5.47. The molecular weight excluding hydrogens is 176 g/mol. The average molecular weight is 189 g/mol. The average Bonchev–Trinajstić information content (AvgIpc) is 2.58. The molecule has 0 radical (unpaired) electrons. The van der Waals surface area contributed by atoms with Crippen LogP contribution in [0.3, 0.4) is 0 Å². The fourth-order valence-electron chi connectivity index (χ4n) is 1.49. The van der Waals surface area contributed by atoms with Gasteiger partial charge in [-0.2, -0.15) is 0 Å². The molecule has 12 heavy (non-hydrogen) atoms. The Morgan fingerprint density at radius 3 is 3.00 bits per heavy atom. The van der Waals surface area contributed by atoms with Gasteiger partial charge in [0.15, 0.2) is 6.39 Å². The van der Waals surface area contributed by atoms with Gasteiger partial charge in [-0.3, -0.25) is 0 Å². The third kappa shape index (κ3) is 1.99. The Morgan fingerprint density at radius 1 is 1.50 bits per heavy atom. The summed E-state index contributed by atoms with van der Waals surface area (Å²) in [5.74, 6) is 0.977. The van der Waals surface area contributed by atoms with Crippen molar-refractivity contribution in [1.82, 2.24) is 10.3 Å². The van der Waals surface area contributed by atoms with Gasteiger partial charge in [0.05, 0.1) is 12.2 Å². The molecule has 68 valence electrons. The highest BCUT2D eigenvalue weighted by Gasteiger charge is 2.16. The van der Waals surface area contributed by atoms with Crippen molar-refractivity contribution in [1.29, 1.82) is 0 Å². The first kappa shape index (κ1) is 9.55. The summed E-state index contributed by atoms with van der Waals surface area (Å²) in [7, 11) is 0. The quantitative estimate of drug-likeness (QED) is 0.732. The molecule has 0 saturated carbocycles. The summed E-state index contributed by atoms with van der Waals surface area (Å²) in [5, 5.41) is 3.39. The van der Waals surface area contributed by atoms with Crippen LogP contribution >= 0.6 is 12.4 Å². The molecule has 2 rings (SSSR count). The van der Waals surface area contributed by atoms with Gasteiger partial charge in [0, 0.05) is 0 Å². The van der Waals surface area contributed by atoms with Crippen LogP contribution in [0.1, 0.15) is 31.1 Å². The number of nitrogens with one attached hydrogen (secondary N) is 1. The van der Waals surface area contributed by atoms with Crippen LogP contribution in [-0.4, -0.2) is 11.5 Å². The lowest BCUT2D eigenvalue weighted by molar-refractivity contribution is 0.349. The Balaban J connectivity index is 0.000000720. The van der Waals surface area contributed by atoms with E-state index in [1.54, 1.807) is 6.20 Å². The molecule has 0 aromatic carbocycles. The minimum Gasteiger partial charge on any atom is -0.447 e. The molecule has 2 heterocycles. The zero-order valence-electron chi connectivity index (χ0n) is 6.82. The number of halogens is 1. The van der Waals surface area contributed by atoms with Crippen LogP contribution in [0.2, 0.25) is 0 Å². The zero-order chi connectivity index (χ0) is 7.52. The number of oxazole rings is 1. The lowest BCUT2D eigenvalue weighted by atomic mass is 10.0. The highest BCUT2D eigenvalue weighted by atomic mass is 35.5. The van der Waals surface area contributed by atoms with Gasteiger partial charge in [-0.15, -0.1) is 12.4 Å². The molecule has 1 atom stereocenters. The number of hydrogen-bond acceptors (Lipinski definition) is 3. The molecule has 1 N–H and O–H groups in total. The third-order valence-electron chi connectivity index (χ3n) is 2.11. The second kappa shape index (κ2) is 4.48. The summed E-state index contributed by atoms with van der Waals surface area (Å²) < 4.78 is 5.20. The van der Waals surface area contributed by atoms with Crippen molar-refractivity contribution in [2.75, 3.05) is 6.54 Å². The molecular formula is C8H13ClN2O. The summed E-state index contributed by atoms with van der Waals surface area (Å²) in [5.41, 5.74) is 0. The lowest BCUT2D eigenvalue weighted by Gasteiger charge is -2.20. The summed E-state index contributed by atoms with van der Waals surface area (Å²) in [6.07, 6.45) is 7.03. The Morgan fingerprint density at radius 2 is 2.42 bits per heavy atom. The van der Waals surface area contributed by atoms with Crippen LogP contribution in [0.25, 0.3) is 0 Å². The topological polar surface area (TPSA) is 38.1 Å². The largest absolute Gasteiger partial charge is 0.447 e. The highest BCUT2D eigenvalue weighted by molar-refractivity contribution is 5.85. The maximum Gasteiger partial charge on any atom is 0.180 e. The van der Waals surface area contributed by atoms with Crippen LogP contribution in [0.5, 0.6) is 0 Å². The zero-order valence-corrected chi connectivity index (χ0v) is 7.64. The normalized spacial score (nSPS) is 23.2. The fraction of sp³-hybridized carbons (Fsp3) is 0.625. The number of aromatic nitrogens is 1. The van der Waals surface area contributed by atoms with E-state index in [0.717, 1.165) is 12.3 Å². The van der Waals surface area contributed by atoms with Gasteiger partial charge in [0.1, 0.15) is 5.76 Å². The Hall–Kier alpha value is -0.540. The van der Waals surface area contributed by atoms with E-state index >= 15 is 0 Å². The molecule has 0 bridgehead atoms. The van der Waals surface area contributed by atoms with Crippen molar-refractivity contribution < 1.29 is 4.42 Å². The second-order valence-electron chi connectivity index (χ2n) is 2.91. The Bertz CT molecular complexity index is 207. The standard InChI is InChI=1S/C8H12N2O.ClH/c1-2-4-10-7(3-1)8-5-9-6-11-8;/h5-7,10H,1-4H2;1H/t7-;/m0./s1. The molecule has 4 heteroatoms. The van der Waals surface area contributed by atoms with Gasteiger partial charge < -0.3 is 9.73 Å². The molecule has 1 aliphatic heterocycles. The van der Waals surface area contributed by atoms with E-state index in [9.17, 15) is 0 Å². The Kier molecular flexibility index (Phi) is 3.56. The predicted octanol–water partition coefficient (Wildman–Crippen LogP) is 1.91. The fourth-order valence-corrected chi connectivity index (χ4v) is 1.49. The van der Waals surface area contributed by atoms with Crippen LogP contribution in [0.4, 0.5) is 0 Å². The van der Waals surface area contributed by atoms with Crippen molar-refractivity contribution in [2.45, 2.75) is 25.3 Å². The van der Waals surface area contributed by atoms with Gasteiger partial charge in [-0.25, -0.2) is 4.98 Å². The van der Waals surface area contributed by atoms with Crippen LogP contribution in [-0.2, 0) is 0 Å². The minimum atomic E-state index is 0. The highest BCUT2D eigenvalue weighted by Crippen LogP contribution is 2.21. The van der Waals surface area contributed by atoms with Crippen LogP contribution in [0, 0.1) is 0 Å². The first-order valence-corrected chi connectivity index (χ1v) is 4.08. The van der Waals surface area contributed by atoms with Crippen molar-refractivity contribution >= 4 is 12.4 Å². The molecule has 1 aromatic heterocycles. The van der Waals surface area contributed by atoms with Gasteiger partial charge in [0.2, 0.25) is 0 Å². The molecule has 3 nitrogen and oxygen atoms in total. The predicted molar refractivity (Wildman–Crippen MR) is 48.3 cm³/mol. The molecule has 1 saturated heterocycles. The molecule has 1 aliphatic rings. The van der Waals surface area contributed by atoms with Crippen molar-refractivity contribution in [2.24, 2.45) is 0 Å². The van der Waals surface area contributed by atoms with Gasteiger partial charge in [0.25, 0.3) is 0 Å². The van der Waals surface area contributed by atoms with E-state index in [0.29, 0.717) is 6.04 Å². The maximum absolute atomic E-state index is 5.20. The van der Waals surface area contributed by atoms with E-state index in [1.807, 2.05) is 0 Å². The van der Waals surface area contributed by atoms with Gasteiger partial charge >= 0.3 is 0 Å². The summed E-state index contributed by atoms with van der Waals surface area (Å²) >= 11 is 0. The first-order valence-electron chi connectivity index (χ1n) is 4.08. The number of nitrogens with zero attached hydrogens (tertiary/aromatic N) is 1. The third-order valence-corrected chi connectivity index (χ3v) is 2.11. The molecule has 0 aliphatic carbocycles. The van der Waals surface area contributed by atoms with Crippen LogP contribution < -0.4 is 5.32 Å². The number of piperidine rings is 1. The molecule has 0 spiro atoms. The summed E-state index contributed by atoms with van der Waals surface area (Å²) in [4.78, 5) is 3.89. The minimum absolute atomic E-state index is 0. The smallest absolute Gasteiger partial charge is 0.180 e. The number of hydrogen-bond donors (Lipinski definition) is 1. The summed E-state index contributed by atoms with van der Waals surface area (Å²) in [6, 6.07) is 0.409. The van der Waals surface area contributed by atoms with E-state index in [-0.39, 0.29) is 12.4 Å². The van der Waals surface area contributed by atoms with Crippen molar-refractivity contribution in [3.05, 3.63) is 18.4 Å². The van der Waals surface area contributed by atoms with Crippen LogP contribution in [0.15, 0.2) is 17.0 Å². The van der Waals surface area contributed by atoms with Gasteiger partial charge in [-0.1, -0.05) is 6.42 Å². The van der Waals surface area contributed by atoms with Crippen molar-refractivity contribution in [3.63, 3.8) is 0 Å². The molecule has 1 aromatic rings. The van der Waals surface area contributed by atoms with E-state index < -0.39 is 0 Å². The second-order valence-corrected chi connectivity index (χ2v) is 2.91. The molecule has 0 unspecified atom stereocenters. The molecule has 0 amide bonds. The lowest BCUT2D eigenvalue weighted by Crippen LogP contribution is -2.26. The molecule has 1 fully saturated rings. The van der Waals surface area contributed by atoms with Gasteiger partial charge in [-0.05, 0) is 19.4 Å². The number of rotatable bonds is 1. The summed E-state index contributed by atoms with van der Waals surface area (Å²) in [6.45, 7) is 1.10. The van der Waals surface area contributed by atoms with Crippen molar-refractivity contribution in [3.8, 4) is 0 Å². The van der Waals surface area contributed by atoms with E-state index in [1.165, 1.54) is 25.7 Å². The van der Waals surface area contributed by atoms with E-state index in [4.69, 9.17) is 4.42 Å². The monoisotopic (exact) mass is 188 g/mol. The SMILES string of the molecule is Cl.c1ncc([C@@H]2CCCCN2)o1. The maximum atomic E-state index is 5.20. The Labute approximate surface area is 78.0 Å². The van der Waals surface area contributed by atoms with E-state index in [2.05, 4.69) is 10.3 Å².